The fraction of sp³-hybridized carbons (Fsp3) is 0.875. The maximum atomic E-state index is 10.9. The number of aliphatic hydroxyl groups is 2. The predicted octanol–water partition coefficient (Wildman–Crippen LogP) is -0.442. The van der Waals surface area contributed by atoms with E-state index in [4.69, 9.17) is 15.8 Å². The van der Waals surface area contributed by atoms with E-state index in [1.54, 1.807) is 0 Å². The summed E-state index contributed by atoms with van der Waals surface area (Å²) in [4.78, 5) is 16.0. The molecule has 0 aromatic rings. The summed E-state index contributed by atoms with van der Waals surface area (Å²) < 4.78 is 5.04. The molecule has 5 atom stereocenters. The number of hydrogen-bond acceptors (Lipinski definition) is 6. The fourth-order valence-corrected chi connectivity index (χ4v) is 1.80. The molecule has 0 aliphatic carbocycles. The highest BCUT2D eigenvalue weighted by Gasteiger charge is 2.46. The van der Waals surface area contributed by atoms with Crippen LogP contribution in [0.5, 0.6) is 0 Å². The fourth-order valence-electron chi connectivity index (χ4n) is 1.80. The molecule has 1 heterocycles. The van der Waals surface area contributed by atoms with Crippen molar-refractivity contribution in [2.75, 3.05) is 6.54 Å². The average molecular weight is 271 g/mol. The summed E-state index contributed by atoms with van der Waals surface area (Å²) in [5.74, 6) is -0.456. The van der Waals surface area contributed by atoms with Crippen LogP contribution in [0.2, 0.25) is 0 Å². The summed E-state index contributed by atoms with van der Waals surface area (Å²) in [5.41, 5.74) is 16.6. The zero-order chi connectivity index (χ0) is 14.4. The van der Waals surface area contributed by atoms with E-state index in [-0.39, 0.29) is 6.54 Å². The van der Waals surface area contributed by atoms with E-state index in [2.05, 4.69) is 25.4 Å². The Hall–Kier alpha value is -2.03. The van der Waals surface area contributed by atoms with Crippen molar-refractivity contribution in [1.82, 2.24) is 5.32 Å². The number of azide groups is 2. The number of carbonyl (C=O) groups excluding carboxylic acids is 1. The van der Waals surface area contributed by atoms with Crippen LogP contribution in [-0.4, -0.2) is 53.2 Å². The predicted molar refractivity (Wildman–Crippen MR) is 61.4 cm³/mol. The minimum absolute atomic E-state index is 0.234. The van der Waals surface area contributed by atoms with Crippen LogP contribution in [0, 0.1) is 0 Å². The number of amides is 1. The molecule has 0 aromatic carbocycles. The van der Waals surface area contributed by atoms with Crippen molar-refractivity contribution in [2.45, 2.75) is 37.5 Å². The van der Waals surface area contributed by atoms with E-state index in [9.17, 15) is 15.0 Å². The maximum Gasteiger partial charge on any atom is 0.217 e. The Labute approximate surface area is 107 Å². The van der Waals surface area contributed by atoms with Crippen molar-refractivity contribution in [3.63, 3.8) is 0 Å². The second-order valence-corrected chi connectivity index (χ2v) is 3.89. The third kappa shape index (κ3) is 3.71. The summed E-state index contributed by atoms with van der Waals surface area (Å²) in [7, 11) is 0. The topological polar surface area (TPSA) is 176 Å². The number of rotatable bonds is 5. The lowest BCUT2D eigenvalue weighted by molar-refractivity contribution is -0.126. The number of nitrogens with one attached hydrogen (secondary N) is 1. The number of hydrogen-bond donors (Lipinski definition) is 3. The van der Waals surface area contributed by atoms with Gasteiger partial charge in [-0.15, -0.1) is 0 Å². The first kappa shape index (κ1) is 15.0. The van der Waals surface area contributed by atoms with Crippen molar-refractivity contribution in [1.29, 1.82) is 0 Å². The monoisotopic (exact) mass is 271 g/mol. The van der Waals surface area contributed by atoms with Gasteiger partial charge in [0.25, 0.3) is 0 Å². The standard InChI is InChI=1S/C8H13N7O4/c1-3(16)12-5-6(17)7(19-8(5)18)4(13-15-10)2-11-14-9/h4-8,17-18H,2H2,1H3,(H,12,16)/t4?,5-,6?,7-,8?/m1/s1. The van der Waals surface area contributed by atoms with Gasteiger partial charge in [-0.2, -0.15) is 0 Å². The van der Waals surface area contributed by atoms with Crippen LogP contribution in [0.1, 0.15) is 6.92 Å². The van der Waals surface area contributed by atoms with Crippen LogP contribution in [0.25, 0.3) is 20.9 Å². The highest BCUT2D eigenvalue weighted by Crippen LogP contribution is 2.24. The second-order valence-electron chi connectivity index (χ2n) is 3.89. The van der Waals surface area contributed by atoms with E-state index < -0.39 is 36.5 Å². The van der Waals surface area contributed by atoms with Crippen molar-refractivity contribution >= 4 is 5.91 Å². The highest BCUT2D eigenvalue weighted by molar-refractivity contribution is 5.73. The Balaban J connectivity index is 2.84. The van der Waals surface area contributed by atoms with Crippen LogP contribution in [0.15, 0.2) is 10.2 Å². The third-order valence-electron chi connectivity index (χ3n) is 2.59. The van der Waals surface area contributed by atoms with Gasteiger partial charge in [-0.3, -0.25) is 4.79 Å². The van der Waals surface area contributed by atoms with Crippen molar-refractivity contribution in [3.8, 4) is 0 Å². The van der Waals surface area contributed by atoms with Gasteiger partial charge in [0.05, 0.1) is 12.1 Å². The number of carbonyl (C=O) groups is 1. The zero-order valence-electron chi connectivity index (χ0n) is 9.99. The molecule has 11 nitrogen and oxygen atoms in total. The van der Waals surface area contributed by atoms with Crippen LogP contribution in [-0.2, 0) is 9.53 Å². The molecule has 0 saturated carbocycles. The number of ether oxygens (including phenoxy) is 1. The van der Waals surface area contributed by atoms with Gasteiger partial charge in [0.15, 0.2) is 6.29 Å². The maximum absolute atomic E-state index is 10.9. The Bertz CT molecular complexity index is 431. The molecule has 1 rings (SSSR count). The van der Waals surface area contributed by atoms with E-state index in [1.807, 2.05) is 0 Å². The van der Waals surface area contributed by atoms with E-state index in [1.165, 1.54) is 6.92 Å². The minimum Gasteiger partial charge on any atom is -0.388 e. The van der Waals surface area contributed by atoms with E-state index in [0.29, 0.717) is 0 Å². The van der Waals surface area contributed by atoms with Gasteiger partial charge < -0.3 is 20.3 Å². The van der Waals surface area contributed by atoms with Gasteiger partial charge in [0.2, 0.25) is 5.91 Å². The summed E-state index contributed by atoms with van der Waals surface area (Å²) in [5, 5.41) is 28.4. The van der Waals surface area contributed by atoms with Crippen molar-refractivity contribution < 1.29 is 19.7 Å². The van der Waals surface area contributed by atoms with Gasteiger partial charge in [0.1, 0.15) is 12.1 Å². The molecule has 3 unspecified atom stereocenters. The summed E-state index contributed by atoms with van der Waals surface area (Å²) in [6.45, 7) is 0.986. The zero-order valence-corrected chi connectivity index (χ0v) is 9.99. The molecule has 1 amide bonds. The first-order valence-corrected chi connectivity index (χ1v) is 5.35. The van der Waals surface area contributed by atoms with Gasteiger partial charge >= 0.3 is 0 Å². The summed E-state index contributed by atoms with van der Waals surface area (Å²) >= 11 is 0. The molecular weight excluding hydrogens is 258 g/mol. The molecule has 0 spiro atoms. The molecule has 1 aliphatic heterocycles. The van der Waals surface area contributed by atoms with Gasteiger partial charge in [-0.05, 0) is 11.1 Å². The van der Waals surface area contributed by atoms with Crippen LogP contribution < -0.4 is 5.32 Å². The third-order valence-corrected chi connectivity index (χ3v) is 2.59. The van der Waals surface area contributed by atoms with Crippen LogP contribution in [0.4, 0.5) is 0 Å². The van der Waals surface area contributed by atoms with E-state index in [0.717, 1.165) is 0 Å². The van der Waals surface area contributed by atoms with Gasteiger partial charge in [-0.25, -0.2) is 0 Å². The smallest absolute Gasteiger partial charge is 0.217 e. The lowest BCUT2D eigenvalue weighted by atomic mass is 10.0. The van der Waals surface area contributed by atoms with Gasteiger partial charge in [-0.1, -0.05) is 10.2 Å². The lowest BCUT2D eigenvalue weighted by Gasteiger charge is -2.21. The quantitative estimate of drug-likeness (QED) is 0.349. The van der Waals surface area contributed by atoms with Crippen molar-refractivity contribution in [2.24, 2.45) is 10.2 Å². The molecule has 1 aliphatic rings. The highest BCUT2D eigenvalue weighted by atomic mass is 16.6. The Morgan fingerprint density at radius 3 is 2.68 bits per heavy atom. The second kappa shape index (κ2) is 6.78. The molecule has 11 heteroatoms. The molecule has 0 radical (unpaired) electrons. The first-order chi connectivity index (χ1) is 9.01. The molecule has 19 heavy (non-hydrogen) atoms. The molecule has 1 saturated heterocycles. The van der Waals surface area contributed by atoms with Gasteiger partial charge in [0, 0.05) is 23.3 Å². The average Bonchev–Trinajstić information content (AvgIpc) is 2.62. The van der Waals surface area contributed by atoms with Crippen LogP contribution in [0.3, 0.4) is 0 Å². The lowest BCUT2D eigenvalue weighted by Crippen LogP contribution is -2.48. The first-order valence-electron chi connectivity index (χ1n) is 5.35. The minimum atomic E-state index is -1.44. The molecule has 1 fully saturated rings. The van der Waals surface area contributed by atoms with E-state index >= 15 is 0 Å². The molecule has 104 valence electrons. The Kier molecular flexibility index (Phi) is 5.37. The molecule has 0 aromatic heterocycles. The summed E-state index contributed by atoms with van der Waals surface area (Å²) in [6, 6.07) is -2.02. The molecule has 3 N–H and O–H groups in total. The molecule has 0 bridgehead atoms. The Morgan fingerprint density at radius 1 is 1.47 bits per heavy atom. The van der Waals surface area contributed by atoms with Crippen molar-refractivity contribution in [3.05, 3.63) is 20.9 Å². The Morgan fingerprint density at radius 2 is 2.16 bits per heavy atom. The normalized spacial score (nSPS) is 30.9. The SMILES string of the molecule is CC(=O)N[C@H]1C(O)O[C@H](C(CN=[N+]=[N-])N=[N+]=[N-])C1O. The number of aliphatic hydroxyl groups excluding tert-OH is 2. The summed E-state index contributed by atoms with van der Waals surface area (Å²) in [6.07, 6.45) is -3.80. The largest absolute Gasteiger partial charge is 0.388 e. The molecular formula is C8H13N7O4. The van der Waals surface area contributed by atoms with Crippen LogP contribution >= 0.6 is 0 Å². The number of nitrogens with zero attached hydrogens (tertiary/aromatic N) is 6.